The first-order valence-electron chi connectivity index (χ1n) is 7.64. The highest BCUT2D eigenvalue weighted by atomic mass is 16.5. The second-order valence-corrected chi connectivity index (χ2v) is 5.61. The minimum absolute atomic E-state index is 0.157. The number of nitrogens with one attached hydrogen (secondary N) is 1. The van der Waals surface area contributed by atoms with Gasteiger partial charge in [-0.3, -0.25) is 4.79 Å². The van der Waals surface area contributed by atoms with Gasteiger partial charge in [0.1, 0.15) is 11.5 Å². The Kier molecular flexibility index (Phi) is 5.63. The number of benzene rings is 2. The number of hydrogen-bond acceptors (Lipinski definition) is 3. The first kappa shape index (κ1) is 16.9. The summed E-state index contributed by atoms with van der Waals surface area (Å²) in [5.41, 5.74) is 3.16. The van der Waals surface area contributed by atoms with E-state index in [1.54, 1.807) is 14.0 Å². The summed E-state index contributed by atoms with van der Waals surface area (Å²) >= 11 is 0. The zero-order valence-corrected chi connectivity index (χ0v) is 14.1. The van der Waals surface area contributed by atoms with E-state index in [1.807, 2.05) is 50.2 Å². The number of ether oxygens (including phenoxy) is 2. The number of amides is 1. The summed E-state index contributed by atoms with van der Waals surface area (Å²) in [5.74, 6) is 1.31. The number of carbonyl (C=O) groups is 1. The molecule has 4 nitrogen and oxygen atoms in total. The highest BCUT2D eigenvalue weighted by Gasteiger charge is 2.15. The van der Waals surface area contributed by atoms with Crippen molar-refractivity contribution in [3.63, 3.8) is 0 Å². The number of methoxy groups -OCH3 is 1. The van der Waals surface area contributed by atoms with E-state index in [4.69, 9.17) is 9.47 Å². The van der Waals surface area contributed by atoms with Crippen molar-refractivity contribution >= 4 is 5.91 Å². The Balaban J connectivity index is 1.94. The van der Waals surface area contributed by atoms with Crippen LogP contribution in [0.2, 0.25) is 0 Å². The molecule has 4 heteroatoms. The van der Waals surface area contributed by atoms with Crippen LogP contribution in [0.25, 0.3) is 0 Å². The number of rotatable bonds is 6. The van der Waals surface area contributed by atoms with Gasteiger partial charge in [0.05, 0.1) is 7.11 Å². The highest BCUT2D eigenvalue weighted by Crippen LogP contribution is 2.18. The van der Waals surface area contributed by atoms with Crippen LogP contribution >= 0.6 is 0 Å². The van der Waals surface area contributed by atoms with Crippen LogP contribution in [-0.2, 0) is 11.3 Å². The van der Waals surface area contributed by atoms with Gasteiger partial charge in [-0.1, -0.05) is 24.3 Å². The fourth-order valence-corrected chi connectivity index (χ4v) is 2.43. The molecule has 1 atom stereocenters. The third-order valence-corrected chi connectivity index (χ3v) is 3.52. The summed E-state index contributed by atoms with van der Waals surface area (Å²) in [4.78, 5) is 12.2. The van der Waals surface area contributed by atoms with Crippen molar-refractivity contribution in [3.8, 4) is 11.5 Å². The zero-order valence-electron chi connectivity index (χ0n) is 14.1. The minimum atomic E-state index is -0.564. The number of para-hydroxylation sites is 1. The largest absolute Gasteiger partial charge is 0.496 e. The lowest BCUT2D eigenvalue weighted by molar-refractivity contribution is -0.127. The molecule has 0 aliphatic rings. The fraction of sp³-hybridized carbons (Fsp3) is 0.316. The van der Waals surface area contributed by atoms with Crippen LogP contribution in [0.1, 0.15) is 23.6 Å². The molecule has 0 unspecified atom stereocenters. The zero-order chi connectivity index (χ0) is 16.8. The maximum absolute atomic E-state index is 12.2. The lowest BCUT2D eigenvalue weighted by Crippen LogP contribution is -2.36. The monoisotopic (exact) mass is 313 g/mol. The molecule has 0 radical (unpaired) electrons. The van der Waals surface area contributed by atoms with E-state index in [-0.39, 0.29) is 5.91 Å². The topological polar surface area (TPSA) is 47.6 Å². The van der Waals surface area contributed by atoms with Crippen molar-refractivity contribution in [1.29, 1.82) is 0 Å². The smallest absolute Gasteiger partial charge is 0.261 e. The molecule has 0 aliphatic carbocycles. The number of carbonyl (C=O) groups excluding carboxylic acids is 1. The lowest BCUT2D eigenvalue weighted by atomic mass is 10.1. The van der Waals surface area contributed by atoms with E-state index in [1.165, 1.54) is 0 Å². The Bertz CT molecular complexity index is 662. The van der Waals surface area contributed by atoms with Crippen LogP contribution in [0.15, 0.2) is 42.5 Å². The van der Waals surface area contributed by atoms with Crippen molar-refractivity contribution in [2.24, 2.45) is 0 Å². The molecular weight excluding hydrogens is 290 g/mol. The standard InChI is InChI=1S/C19H23NO3/c1-13-9-14(2)11-17(10-13)23-15(3)19(21)20-12-16-7-5-6-8-18(16)22-4/h5-11,15H,12H2,1-4H3,(H,20,21)/t15-/m0/s1. The van der Waals surface area contributed by atoms with Gasteiger partial charge in [0.25, 0.3) is 5.91 Å². The average molecular weight is 313 g/mol. The molecular formula is C19H23NO3. The molecule has 2 aromatic rings. The Morgan fingerprint density at radius 3 is 2.43 bits per heavy atom. The van der Waals surface area contributed by atoms with Crippen LogP contribution in [0.5, 0.6) is 11.5 Å². The number of hydrogen-bond donors (Lipinski definition) is 1. The van der Waals surface area contributed by atoms with Gasteiger partial charge in [-0.15, -0.1) is 0 Å². The van der Waals surface area contributed by atoms with Crippen LogP contribution in [0, 0.1) is 13.8 Å². The van der Waals surface area contributed by atoms with Gasteiger partial charge in [0.15, 0.2) is 6.10 Å². The van der Waals surface area contributed by atoms with E-state index < -0.39 is 6.10 Å². The normalized spacial score (nSPS) is 11.7. The molecule has 0 saturated heterocycles. The minimum Gasteiger partial charge on any atom is -0.496 e. The van der Waals surface area contributed by atoms with E-state index >= 15 is 0 Å². The van der Waals surface area contributed by atoms with Crippen LogP contribution in [-0.4, -0.2) is 19.1 Å². The highest BCUT2D eigenvalue weighted by molar-refractivity contribution is 5.80. The summed E-state index contributed by atoms with van der Waals surface area (Å²) in [6, 6.07) is 13.5. The molecule has 0 heterocycles. The molecule has 23 heavy (non-hydrogen) atoms. The predicted molar refractivity (Wildman–Crippen MR) is 90.8 cm³/mol. The molecule has 0 aromatic heterocycles. The van der Waals surface area contributed by atoms with E-state index in [9.17, 15) is 4.79 Å². The van der Waals surface area contributed by atoms with Gasteiger partial charge in [-0.25, -0.2) is 0 Å². The van der Waals surface area contributed by atoms with Crippen molar-refractivity contribution in [2.45, 2.75) is 33.4 Å². The maximum Gasteiger partial charge on any atom is 0.261 e. The van der Waals surface area contributed by atoms with Crippen molar-refractivity contribution in [2.75, 3.05) is 7.11 Å². The fourth-order valence-electron chi connectivity index (χ4n) is 2.43. The Labute approximate surface area is 137 Å². The SMILES string of the molecule is COc1ccccc1CNC(=O)[C@H](C)Oc1cc(C)cc(C)c1. The van der Waals surface area contributed by atoms with Crippen LogP contribution < -0.4 is 14.8 Å². The van der Waals surface area contributed by atoms with Crippen molar-refractivity contribution in [1.82, 2.24) is 5.32 Å². The van der Waals surface area contributed by atoms with E-state index in [2.05, 4.69) is 11.4 Å². The van der Waals surface area contributed by atoms with Gasteiger partial charge < -0.3 is 14.8 Å². The van der Waals surface area contributed by atoms with Gasteiger partial charge >= 0.3 is 0 Å². The van der Waals surface area contributed by atoms with Gasteiger partial charge in [-0.2, -0.15) is 0 Å². The molecule has 0 saturated carbocycles. The summed E-state index contributed by atoms with van der Waals surface area (Å²) in [6.07, 6.45) is -0.564. The van der Waals surface area contributed by atoms with E-state index in [0.717, 1.165) is 22.4 Å². The number of aryl methyl sites for hydroxylation is 2. The van der Waals surface area contributed by atoms with Gasteiger partial charge in [0.2, 0.25) is 0 Å². The van der Waals surface area contributed by atoms with Crippen LogP contribution in [0.4, 0.5) is 0 Å². The van der Waals surface area contributed by atoms with Gasteiger partial charge in [-0.05, 0) is 50.1 Å². The molecule has 2 rings (SSSR count). The van der Waals surface area contributed by atoms with E-state index in [0.29, 0.717) is 12.3 Å². The summed E-state index contributed by atoms with van der Waals surface area (Å²) < 4.78 is 11.0. The molecule has 0 spiro atoms. The quantitative estimate of drug-likeness (QED) is 0.889. The molecule has 1 amide bonds. The third kappa shape index (κ3) is 4.74. The predicted octanol–water partition coefficient (Wildman–Crippen LogP) is 3.40. The molecule has 0 fully saturated rings. The lowest BCUT2D eigenvalue weighted by Gasteiger charge is -2.16. The molecule has 1 N–H and O–H groups in total. The summed E-state index contributed by atoms with van der Waals surface area (Å²) in [7, 11) is 1.62. The Morgan fingerprint density at radius 2 is 1.78 bits per heavy atom. The average Bonchev–Trinajstić information content (AvgIpc) is 2.51. The van der Waals surface area contributed by atoms with Crippen LogP contribution in [0.3, 0.4) is 0 Å². The molecule has 122 valence electrons. The maximum atomic E-state index is 12.2. The molecule has 0 bridgehead atoms. The second-order valence-electron chi connectivity index (χ2n) is 5.61. The molecule has 2 aromatic carbocycles. The first-order chi connectivity index (χ1) is 11.0. The third-order valence-electron chi connectivity index (χ3n) is 3.52. The second kappa shape index (κ2) is 7.68. The van der Waals surface area contributed by atoms with Gasteiger partial charge in [0, 0.05) is 12.1 Å². The first-order valence-corrected chi connectivity index (χ1v) is 7.64. The Hall–Kier alpha value is -2.49. The van der Waals surface area contributed by atoms with Crippen molar-refractivity contribution in [3.05, 3.63) is 59.2 Å². The van der Waals surface area contributed by atoms with Crippen molar-refractivity contribution < 1.29 is 14.3 Å². The summed E-state index contributed by atoms with van der Waals surface area (Å²) in [6.45, 7) is 6.16. The summed E-state index contributed by atoms with van der Waals surface area (Å²) in [5, 5.41) is 2.88. The Morgan fingerprint density at radius 1 is 1.13 bits per heavy atom. The molecule has 0 aliphatic heterocycles.